The van der Waals surface area contributed by atoms with Crippen LogP contribution < -0.4 is 5.32 Å². The average molecular weight is 306 g/mol. The van der Waals surface area contributed by atoms with Crippen molar-refractivity contribution < 1.29 is 0 Å². The molecule has 1 aliphatic heterocycles. The molecule has 2 rings (SSSR count). The lowest BCUT2D eigenvalue weighted by Crippen LogP contribution is -2.38. The number of unbranched alkanes of at least 4 members (excludes halogenated alkanes) is 4. The van der Waals surface area contributed by atoms with Crippen molar-refractivity contribution >= 4 is 11.8 Å². The molecule has 0 spiro atoms. The van der Waals surface area contributed by atoms with E-state index in [2.05, 4.69) is 55.2 Å². The molecule has 2 heteroatoms. The van der Waals surface area contributed by atoms with Crippen LogP contribution in [-0.2, 0) is 6.42 Å². The summed E-state index contributed by atoms with van der Waals surface area (Å²) in [5.41, 5.74) is 1.56. The smallest absolute Gasteiger partial charge is 0.0289 e. The molecule has 1 heterocycles. The minimum absolute atomic E-state index is 0.684. The molecule has 0 bridgehead atoms. The van der Waals surface area contributed by atoms with Crippen LogP contribution in [0.4, 0.5) is 0 Å². The zero-order valence-corrected chi connectivity index (χ0v) is 14.6. The lowest BCUT2D eigenvalue weighted by Gasteiger charge is -2.24. The Balaban J connectivity index is 1.82. The average Bonchev–Trinajstić information content (AvgIpc) is 2.93. The quantitative estimate of drug-likeness (QED) is 0.578. The van der Waals surface area contributed by atoms with E-state index in [9.17, 15) is 0 Å². The van der Waals surface area contributed by atoms with E-state index in [1.165, 1.54) is 56.3 Å². The van der Waals surface area contributed by atoms with Crippen molar-refractivity contribution in [1.82, 2.24) is 5.32 Å². The van der Waals surface area contributed by atoms with Crippen molar-refractivity contribution in [3.05, 3.63) is 29.8 Å². The van der Waals surface area contributed by atoms with Gasteiger partial charge in [0.1, 0.15) is 0 Å². The van der Waals surface area contributed by atoms with Crippen molar-refractivity contribution in [3.8, 4) is 0 Å². The molecule has 118 valence electrons. The van der Waals surface area contributed by atoms with Gasteiger partial charge in [-0.2, -0.15) is 0 Å². The maximum absolute atomic E-state index is 3.82. The normalized spacial score (nSPS) is 18.7. The highest BCUT2D eigenvalue weighted by Gasteiger charge is 2.28. The molecular weight excluding hydrogens is 274 g/mol. The summed E-state index contributed by atoms with van der Waals surface area (Å²) in [7, 11) is 0. The predicted octanol–water partition coefficient (Wildman–Crippen LogP) is 5.43. The SMILES string of the molecule is CCCCCCCC(NCCC)C1Cc2ccccc2S1. The summed E-state index contributed by atoms with van der Waals surface area (Å²) in [5, 5.41) is 4.55. The van der Waals surface area contributed by atoms with Gasteiger partial charge in [0.05, 0.1) is 0 Å². The molecule has 0 amide bonds. The largest absolute Gasteiger partial charge is 0.313 e. The van der Waals surface area contributed by atoms with Gasteiger partial charge in [-0.15, -0.1) is 11.8 Å². The molecule has 21 heavy (non-hydrogen) atoms. The Kier molecular flexibility index (Phi) is 7.66. The summed E-state index contributed by atoms with van der Waals surface area (Å²) in [4.78, 5) is 1.51. The Hall–Kier alpha value is -0.470. The van der Waals surface area contributed by atoms with Gasteiger partial charge >= 0.3 is 0 Å². The first-order chi connectivity index (χ1) is 10.3. The van der Waals surface area contributed by atoms with Crippen LogP contribution in [-0.4, -0.2) is 17.8 Å². The van der Waals surface area contributed by atoms with E-state index in [0.717, 1.165) is 11.8 Å². The van der Waals surface area contributed by atoms with Gasteiger partial charge in [-0.1, -0.05) is 64.2 Å². The van der Waals surface area contributed by atoms with E-state index >= 15 is 0 Å². The van der Waals surface area contributed by atoms with Crippen molar-refractivity contribution in [3.63, 3.8) is 0 Å². The molecule has 1 nitrogen and oxygen atoms in total. The van der Waals surface area contributed by atoms with E-state index in [-0.39, 0.29) is 0 Å². The molecule has 0 saturated heterocycles. The maximum atomic E-state index is 3.82. The fourth-order valence-electron chi connectivity index (χ4n) is 3.15. The zero-order chi connectivity index (χ0) is 14.9. The minimum Gasteiger partial charge on any atom is -0.313 e. The highest BCUT2D eigenvalue weighted by atomic mass is 32.2. The summed E-state index contributed by atoms with van der Waals surface area (Å²) in [6.07, 6.45) is 10.8. The standard InChI is InChI=1S/C19H31NS/c1-3-5-6-7-8-12-17(20-14-4-2)19-15-16-11-9-10-13-18(16)21-19/h9-11,13,17,19-20H,3-8,12,14-15H2,1-2H3. The lowest BCUT2D eigenvalue weighted by atomic mass is 9.99. The lowest BCUT2D eigenvalue weighted by molar-refractivity contribution is 0.442. The van der Waals surface area contributed by atoms with Crippen LogP contribution in [0, 0.1) is 0 Å². The van der Waals surface area contributed by atoms with E-state index in [1.807, 2.05) is 0 Å². The third-order valence-electron chi connectivity index (χ3n) is 4.40. The number of nitrogens with one attached hydrogen (secondary N) is 1. The number of rotatable bonds is 10. The van der Waals surface area contributed by atoms with Gasteiger partial charge in [-0.25, -0.2) is 0 Å². The Morgan fingerprint density at radius 2 is 1.90 bits per heavy atom. The number of thioether (sulfide) groups is 1. The molecule has 2 atom stereocenters. The van der Waals surface area contributed by atoms with Crippen LogP contribution in [0.2, 0.25) is 0 Å². The third kappa shape index (κ3) is 5.34. The van der Waals surface area contributed by atoms with E-state index in [0.29, 0.717) is 6.04 Å². The van der Waals surface area contributed by atoms with Gasteiger partial charge in [0.2, 0.25) is 0 Å². The molecule has 0 saturated carbocycles. The number of fused-ring (bicyclic) bond motifs is 1. The Morgan fingerprint density at radius 1 is 1.10 bits per heavy atom. The molecule has 1 aliphatic rings. The first kappa shape index (κ1) is 16.9. The second kappa shape index (κ2) is 9.53. The van der Waals surface area contributed by atoms with Gasteiger partial charge in [0, 0.05) is 16.2 Å². The summed E-state index contributed by atoms with van der Waals surface area (Å²) in [6.45, 7) is 5.72. The van der Waals surface area contributed by atoms with Crippen molar-refractivity contribution in [2.75, 3.05) is 6.54 Å². The van der Waals surface area contributed by atoms with Gasteiger partial charge in [-0.05, 0) is 37.4 Å². The Morgan fingerprint density at radius 3 is 2.67 bits per heavy atom. The van der Waals surface area contributed by atoms with Gasteiger partial charge in [0.15, 0.2) is 0 Å². The van der Waals surface area contributed by atoms with Crippen molar-refractivity contribution in [2.24, 2.45) is 0 Å². The molecule has 2 unspecified atom stereocenters. The van der Waals surface area contributed by atoms with Gasteiger partial charge in [0.25, 0.3) is 0 Å². The topological polar surface area (TPSA) is 12.0 Å². The monoisotopic (exact) mass is 305 g/mol. The van der Waals surface area contributed by atoms with Crippen LogP contribution in [0.15, 0.2) is 29.2 Å². The predicted molar refractivity (Wildman–Crippen MR) is 95.2 cm³/mol. The van der Waals surface area contributed by atoms with Crippen LogP contribution >= 0.6 is 11.8 Å². The van der Waals surface area contributed by atoms with E-state index < -0.39 is 0 Å². The van der Waals surface area contributed by atoms with Crippen LogP contribution in [0.3, 0.4) is 0 Å². The number of benzene rings is 1. The molecule has 1 N–H and O–H groups in total. The molecule has 1 aromatic rings. The van der Waals surface area contributed by atoms with Crippen molar-refractivity contribution in [2.45, 2.75) is 81.4 Å². The number of hydrogen-bond donors (Lipinski definition) is 1. The third-order valence-corrected chi connectivity index (χ3v) is 5.85. The molecule has 0 aromatic heterocycles. The highest BCUT2D eigenvalue weighted by molar-refractivity contribution is 8.00. The molecular formula is C19H31NS. The first-order valence-electron chi connectivity index (χ1n) is 8.83. The van der Waals surface area contributed by atoms with Gasteiger partial charge < -0.3 is 5.32 Å². The van der Waals surface area contributed by atoms with Crippen LogP contribution in [0.25, 0.3) is 0 Å². The van der Waals surface area contributed by atoms with Crippen LogP contribution in [0.5, 0.6) is 0 Å². The zero-order valence-electron chi connectivity index (χ0n) is 13.7. The summed E-state index contributed by atoms with van der Waals surface area (Å²) >= 11 is 2.10. The molecule has 0 fully saturated rings. The first-order valence-corrected chi connectivity index (χ1v) is 9.71. The summed E-state index contributed by atoms with van der Waals surface area (Å²) in [6, 6.07) is 9.64. The fourth-order valence-corrected chi connectivity index (χ4v) is 4.60. The molecule has 0 aliphatic carbocycles. The van der Waals surface area contributed by atoms with Crippen molar-refractivity contribution in [1.29, 1.82) is 0 Å². The Labute approximate surface area is 135 Å². The summed E-state index contributed by atoms with van der Waals surface area (Å²) < 4.78 is 0. The van der Waals surface area contributed by atoms with Gasteiger partial charge in [-0.3, -0.25) is 0 Å². The second-order valence-electron chi connectivity index (χ2n) is 6.23. The van der Waals surface area contributed by atoms with Crippen LogP contribution in [0.1, 0.15) is 64.4 Å². The van der Waals surface area contributed by atoms with E-state index in [1.54, 1.807) is 5.56 Å². The summed E-state index contributed by atoms with van der Waals surface area (Å²) in [5.74, 6) is 0. The molecule has 1 aromatic carbocycles. The molecule has 0 radical (unpaired) electrons. The second-order valence-corrected chi connectivity index (χ2v) is 7.51. The highest BCUT2D eigenvalue weighted by Crippen LogP contribution is 2.39. The Bertz CT molecular complexity index is 379. The fraction of sp³-hybridized carbons (Fsp3) is 0.684. The maximum Gasteiger partial charge on any atom is 0.0289 e. The number of hydrogen-bond acceptors (Lipinski definition) is 2. The minimum atomic E-state index is 0.684. The van der Waals surface area contributed by atoms with E-state index in [4.69, 9.17) is 0 Å².